The van der Waals surface area contributed by atoms with Crippen molar-refractivity contribution < 1.29 is 9.90 Å². The molecule has 5 heteroatoms. The second-order valence-corrected chi connectivity index (χ2v) is 3.74. The molecule has 16 heavy (non-hydrogen) atoms. The molecule has 1 atom stereocenters. The Balaban J connectivity index is 3.01. The Morgan fingerprint density at radius 2 is 2.12 bits per heavy atom. The maximum Gasteiger partial charge on any atom is 0.323 e. The first-order valence-corrected chi connectivity index (χ1v) is 5.32. The normalized spacial score (nSPS) is 12.2. The molecule has 0 aliphatic heterocycles. The molecule has 88 valence electrons. The fourth-order valence-electron chi connectivity index (χ4n) is 1.49. The van der Waals surface area contributed by atoms with Gasteiger partial charge in [0.15, 0.2) is 5.82 Å². The van der Waals surface area contributed by atoms with Crippen molar-refractivity contribution in [1.29, 1.82) is 0 Å². The molecule has 0 spiro atoms. The number of hydrogen-bond donors (Lipinski definition) is 1. The van der Waals surface area contributed by atoms with E-state index in [1.165, 1.54) is 0 Å². The highest BCUT2D eigenvalue weighted by atomic mass is 16.4. The standard InChI is InChI=1S/C11H17N3O2/c1-4-8(2)14(7-10(15)16)11-9(3)12-5-6-13-11/h5-6,8H,4,7H2,1-3H3,(H,15,16). The lowest BCUT2D eigenvalue weighted by atomic mass is 10.2. The summed E-state index contributed by atoms with van der Waals surface area (Å²) < 4.78 is 0. The molecule has 1 aromatic rings. The molecular formula is C11H17N3O2. The van der Waals surface area contributed by atoms with Crippen molar-refractivity contribution in [3.63, 3.8) is 0 Å². The molecular weight excluding hydrogens is 206 g/mol. The third-order valence-corrected chi connectivity index (χ3v) is 2.56. The van der Waals surface area contributed by atoms with Gasteiger partial charge in [0.1, 0.15) is 6.54 Å². The summed E-state index contributed by atoms with van der Waals surface area (Å²) >= 11 is 0. The zero-order valence-electron chi connectivity index (χ0n) is 9.84. The van der Waals surface area contributed by atoms with E-state index < -0.39 is 5.97 Å². The Kier molecular flexibility index (Phi) is 4.22. The Labute approximate surface area is 95.1 Å². The number of aliphatic carboxylic acids is 1. The lowest BCUT2D eigenvalue weighted by Crippen LogP contribution is -2.38. The van der Waals surface area contributed by atoms with Crippen LogP contribution < -0.4 is 4.90 Å². The maximum atomic E-state index is 10.8. The maximum absolute atomic E-state index is 10.8. The van der Waals surface area contributed by atoms with Crippen molar-refractivity contribution in [2.45, 2.75) is 33.2 Å². The molecule has 1 rings (SSSR count). The van der Waals surface area contributed by atoms with Crippen LogP contribution >= 0.6 is 0 Å². The lowest BCUT2D eigenvalue weighted by molar-refractivity contribution is -0.135. The third kappa shape index (κ3) is 2.92. The van der Waals surface area contributed by atoms with Gasteiger partial charge in [0, 0.05) is 18.4 Å². The number of aryl methyl sites for hydroxylation is 1. The molecule has 0 saturated carbocycles. The monoisotopic (exact) mass is 223 g/mol. The highest BCUT2D eigenvalue weighted by Gasteiger charge is 2.19. The van der Waals surface area contributed by atoms with Crippen molar-refractivity contribution in [2.75, 3.05) is 11.4 Å². The summed E-state index contributed by atoms with van der Waals surface area (Å²) in [6, 6.07) is 0.131. The van der Waals surface area contributed by atoms with E-state index in [1.54, 1.807) is 17.3 Å². The smallest absolute Gasteiger partial charge is 0.323 e. The highest BCUT2D eigenvalue weighted by molar-refractivity contribution is 5.73. The Morgan fingerprint density at radius 1 is 1.50 bits per heavy atom. The zero-order valence-corrected chi connectivity index (χ0v) is 9.84. The van der Waals surface area contributed by atoms with E-state index in [4.69, 9.17) is 5.11 Å². The number of aromatic nitrogens is 2. The number of carbonyl (C=O) groups is 1. The summed E-state index contributed by atoms with van der Waals surface area (Å²) in [6.45, 7) is 5.79. The largest absolute Gasteiger partial charge is 0.480 e. The van der Waals surface area contributed by atoms with Crippen LogP contribution in [0, 0.1) is 6.92 Å². The van der Waals surface area contributed by atoms with Gasteiger partial charge in [-0.3, -0.25) is 9.78 Å². The van der Waals surface area contributed by atoms with Crippen LogP contribution in [0.25, 0.3) is 0 Å². The summed E-state index contributed by atoms with van der Waals surface area (Å²) in [7, 11) is 0. The lowest BCUT2D eigenvalue weighted by Gasteiger charge is -2.28. The zero-order chi connectivity index (χ0) is 12.1. The average molecular weight is 223 g/mol. The van der Waals surface area contributed by atoms with E-state index in [9.17, 15) is 4.79 Å². The van der Waals surface area contributed by atoms with Gasteiger partial charge in [-0.2, -0.15) is 0 Å². The number of carboxylic acids is 1. The van der Waals surface area contributed by atoms with Gasteiger partial charge in [0.05, 0.1) is 5.69 Å². The summed E-state index contributed by atoms with van der Waals surface area (Å²) in [6.07, 6.45) is 4.05. The molecule has 0 aromatic carbocycles. The van der Waals surface area contributed by atoms with Crippen molar-refractivity contribution in [3.05, 3.63) is 18.1 Å². The molecule has 1 N–H and O–H groups in total. The molecule has 0 aliphatic carbocycles. The Bertz CT molecular complexity index is 368. The van der Waals surface area contributed by atoms with Crippen molar-refractivity contribution >= 4 is 11.8 Å². The van der Waals surface area contributed by atoms with Crippen LogP contribution in [0.15, 0.2) is 12.4 Å². The van der Waals surface area contributed by atoms with Crippen molar-refractivity contribution in [2.24, 2.45) is 0 Å². The van der Waals surface area contributed by atoms with Crippen LogP contribution in [0.2, 0.25) is 0 Å². The van der Waals surface area contributed by atoms with Crippen LogP contribution in [0.3, 0.4) is 0 Å². The number of carboxylic acid groups (broad SMARTS) is 1. The first-order chi connectivity index (χ1) is 7.56. The van der Waals surface area contributed by atoms with Gasteiger partial charge in [0.2, 0.25) is 0 Å². The fraction of sp³-hybridized carbons (Fsp3) is 0.545. The molecule has 0 bridgehead atoms. The first-order valence-electron chi connectivity index (χ1n) is 5.32. The number of rotatable bonds is 5. The minimum atomic E-state index is -0.856. The summed E-state index contributed by atoms with van der Waals surface area (Å²) in [5.74, 6) is -0.204. The topological polar surface area (TPSA) is 66.3 Å². The molecule has 0 radical (unpaired) electrons. The highest BCUT2D eigenvalue weighted by Crippen LogP contribution is 2.17. The SMILES string of the molecule is CCC(C)N(CC(=O)O)c1nccnc1C. The minimum Gasteiger partial charge on any atom is -0.480 e. The molecule has 1 aromatic heterocycles. The van der Waals surface area contributed by atoms with Gasteiger partial charge in [0.25, 0.3) is 0 Å². The second kappa shape index (κ2) is 5.44. The number of nitrogens with zero attached hydrogens (tertiary/aromatic N) is 3. The molecule has 0 saturated heterocycles. The van der Waals surface area contributed by atoms with Gasteiger partial charge in [-0.05, 0) is 20.3 Å². The van der Waals surface area contributed by atoms with E-state index in [0.29, 0.717) is 5.82 Å². The fourth-order valence-corrected chi connectivity index (χ4v) is 1.49. The van der Waals surface area contributed by atoms with E-state index in [0.717, 1.165) is 12.1 Å². The summed E-state index contributed by atoms with van der Waals surface area (Å²) in [5.41, 5.74) is 0.754. The molecule has 1 unspecified atom stereocenters. The van der Waals surface area contributed by atoms with E-state index in [1.807, 2.05) is 20.8 Å². The second-order valence-electron chi connectivity index (χ2n) is 3.74. The molecule has 5 nitrogen and oxygen atoms in total. The molecule has 0 amide bonds. The predicted molar refractivity (Wildman–Crippen MR) is 61.5 cm³/mol. The van der Waals surface area contributed by atoms with Gasteiger partial charge < -0.3 is 10.0 Å². The van der Waals surface area contributed by atoms with E-state index >= 15 is 0 Å². The molecule has 0 aliphatic rings. The van der Waals surface area contributed by atoms with Crippen LogP contribution in [0.5, 0.6) is 0 Å². The molecule has 1 heterocycles. The predicted octanol–water partition coefficient (Wildman–Crippen LogP) is 1.47. The van der Waals surface area contributed by atoms with Gasteiger partial charge in [-0.25, -0.2) is 4.98 Å². The van der Waals surface area contributed by atoms with Crippen LogP contribution in [-0.4, -0.2) is 33.6 Å². The molecule has 0 fully saturated rings. The summed E-state index contributed by atoms with van der Waals surface area (Å²) in [4.78, 5) is 20.9. The Morgan fingerprint density at radius 3 is 2.62 bits per heavy atom. The van der Waals surface area contributed by atoms with Crippen molar-refractivity contribution in [3.8, 4) is 0 Å². The third-order valence-electron chi connectivity index (χ3n) is 2.56. The quantitative estimate of drug-likeness (QED) is 0.818. The van der Waals surface area contributed by atoms with Gasteiger partial charge in [-0.15, -0.1) is 0 Å². The number of hydrogen-bond acceptors (Lipinski definition) is 4. The Hall–Kier alpha value is -1.65. The van der Waals surface area contributed by atoms with Gasteiger partial charge in [-0.1, -0.05) is 6.92 Å². The first kappa shape index (κ1) is 12.4. The van der Waals surface area contributed by atoms with Gasteiger partial charge >= 0.3 is 5.97 Å². The van der Waals surface area contributed by atoms with E-state index in [2.05, 4.69) is 9.97 Å². The van der Waals surface area contributed by atoms with Crippen molar-refractivity contribution in [1.82, 2.24) is 9.97 Å². The van der Waals surface area contributed by atoms with E-state index in [-0.39, 0.29) is 12.6 Å². The minimum absolute atomic E-state index is 0.0471. The number of anilines is 1. The summed E-state index contributed by atoms with van der Waals surface area (Å²) in [5, 5.41) is 8.89. The van der Waals surface area contributed by atoms with Crippen LogP contribution in [0.4, 0.5) is 5.82 Å². The van der Waals surface area contributed by atoms with Crippen LogP contribution in [0.1, 0.15) is 26.0 Å². The average Bonchev–Trinajstić information content (AvgIpc) is 2.26. The van der Waals surface area contributed by atoms with Crippen LogP contribution in [-0.2, 0) is 4.79 Å².